The Labute approximate surface area is 163 Å². The summed E-state index contributed by atoms with van der Waals surface area (Å²) >= 11 is 0. The van der Waals surface area contributed by atoms with Crippen LogP contribution in [0.4, 0.5) is 4.39 Å². The average molecular weight is 381 g/mol. The summed E-state index contributed by atoms with van der Waals surface area (Å²) in [5.41, 5.74) is -1.18. The zero-order valence-corrected chi connectivity index (χ0v) is 16.0. The summed E-state index contributed by atoms with van der Waals surface area (Å²) in [6, 6.07) is 14.0. The van der Waals surface area contributed by atoms with Gasteiger partial charge in [-0.3, -0.25) is 4.79 Å². The molecule has 1 atom stereocenters. The minimum Gasteiger partial charge on any atom is -0.372 e. The molecule has 0 saturated heterocycles. The number of amides is 1. The maximum atomic E-state index is 13.4. The van der Waals surface area contributed by atoms with E-state index >= 15 is 0 Å². The molecule has 1 unspecified atom stereocenters. The van der Waals surface area contributed by atoms with E-state index in [1.807, 2.05) is 10.8 Å². The van der Waals surface area contributed by atoms with Crippen molar-refractivity contribution in [2.24, 2.45) is 0 Å². The molecule has 0 aliphatic carbocycles. The molecule has 0 fully saturated rings. The van der Waals surface area contributed by atoms with Gasteiger partial charge >= 0.3 is 0 Å². The number of nitrogens with one attached hydrogen (secondary N) is 1. The molecule has 1 aromatic heterocycles. The highest BCUT2D eigenvalue weighted by atomic mass is 19.1. The molecule has 0 saturated carbocycles. The van der Waals surface area contributed by atoms with Crippen LogP contribution in [-0.4, -0.2) is 27.1 Å². The van der Waals surface area contributed by atoms with Gasteiger partial charge in [0.2, 0.25) is 0 Å². The van der Waals surface area contributed by atoms with Crippen molar-refractivity contribution in [3.63, 3.8) is 0 Å². The summed E-state index contributed by atoms with van der Waals surface area (Å²) in [5, 5.41) is 14.2. The molecule has 0 aliphatic rings. The predicted molar refractivity (Wildman–Crippen MR) is 105 cm³/mol. The van der Waals surface area contributed by atoms with Crippen LogP contribution in [-0.2, 0) is 16.9 Å². The van der Waals surface area contributed by atoms with Crippen molar-refractivity contribution < 1.29 is 14.3 Å². The molecule has 2 N–H and O–H groups in total. The van der Waals surface area contributed by atoms with Crippen molar-refractivity contribution in [3.05, 3.63) is 89.8 Å². The average Bonchev–Trinajstić information content (AvgIpc) is 3.17. The van der Waals surface area contributed by atoms with Gasteiger partial charge in [0.15, 0.2) is 5.60 Å². The van der Waals surface area contributed by atoms with Crippen LogP contribution in [0.2, 0.25) is 0 Å². The number of nitrogens with zero attached hydrogens (tertiary/aromatic N) is 2. The Morgan fingerprint density at radius 2 is 1.79 bits per heavy atom. The number of imidazole rings is 1. The molecule has 1 heterocycles. The minimum atomic E-state index is -1.91. The first kappa shape index (κ1) is 19.8. The lowest BCUT2D eigenvalue weighted by atomic mass is 9.85. The minimum absolute atomic E-state index is 0.270. The quantitative estimate of drug-likeness (QED) is 0.660. The number of aromatic nitrogens is 2. The Morgan fingerprint density at radius 3 is 2.43 bits per heavy atom. The SMILES string of the molecule is CC(C)c1nccn1CCNC(=O)C(O)(c1ccccc1)c1ccc(F)cc1. The highest BCUT2D eigenvalue weighted by molar-refractivity contribution is 5.90. The van der Waals surface area contributed by atoms with Gasteiger partial charge < -0.3 is 15.0 Å². The molecule has 0 aliphatic heterocycles. The van der Waals surface area contributed by atoms with Crippen LogP contribution in [0.1, 0.15) is 36.7 Å². The van der Waals surface area contributed by atoms with E-state index in [4.69, 9.17) is 0 Å². The van der Waals surface area contributed by atoms with E-state index in [-0.39, 0.29) is 5.92 Å². The summed E-state index contributed by atoms with van der Waals surface area (Å²) in [6.45, 7) is 4.97. The summed E-state index contributed by atoms with van der Waals surface area (Å²) in [7, 11) is 0. The first-order chi connectivity index (χ1) is 13.4. The van der Waals surface area contributed by atoms with Gasteiger partial charge in [-0.25, -0.2) is 9.37 Å². The van der Waals surface area contributed by atoms with E-state index in [9.17, 15) is 14.3 Å². The van der Waals surface area contributed by atoms with Gasteiger partial charge in [0.25, 0.3) is 5.91 Å². The van der Waals surface area contributed by atoms with Crippen LogP contribution < -0.4 is 5.32 Å². The third-order valence-electron chi connectivity index (χ3n) is 4.68. The zero-order valence-electron chi connectivity index (χ0n) is 16.0. The van der Waals surface area contributed by atoms with Gasteiger partial charge in [-0.05, 0) is 23.3 Å². The van der Waals surface area contributed by atoms with Gasteiger partial charge in [-0.15, -0.1) is 0 Å². The highest BCUT2D eigenvalue weighted by Crippen LogP contribution is 2.30. The number of aliphatic hydroxyl groups is 1. The molecule has 146 valence electrons. The maximum Gasteiger partial charge on any atom is 0.261 e. The summed E-state index contributed by atoms with van der Waals surface area (Å²) < 4.78 is 15.3. The predicted octanol–water partition coefficient (Wildman–Crippen LogP) is 3.20. The molecule has 3 aromatic rings. The zero-order chi connectivity index (χ0) is 20.1. The van der Waals surface area contributed by atoms with E-state index < -0.39 is 17.3 Å². The van der Waals surface area contributed by atoms with Crippen molar-refractivity contribution in [2.75, 3.05) is 6.54 Å². The number of carbonyl (C=O) groups excluding carboxylic acids is 1. The molecular weight excluding hydrogens is 357 g/mol. The van der Waals surface area contributed by atoms with Crippen molar-refractivity contribution >= 4 is 5.91 Å². The van der Waals surface area contributed by atoms with Gasteiger partial charge in [0.1, 0.15) is 11.6 Å². The van der Waals surface area contributed by atoms with Gasteiger partial charge in [0, 0.05) is 31.4 Å². The number of halogens is 1. The number of hydrogen-bond acceptors (Lipinski definition) is 3. The fourth-order valence-corrected chi connectivity index (χ4v) is 3.23. The van der Waals surface area contributed by atoms with Gasteiger partial charge in [0.05, 0.1) is 0 Å². The third-order valence-corrected chi connectivity index (χ3v) is 4.68. The molecule has 1 amide bonds. The molecule has 3 rings (SSSR count). The lowest BCUT2D eigenvalue weighted by Crippen LogP contribution is -2.46. The van der Waals surface area contributed by atoms with Crippen LogP contribution in [0.25, 0.3) is 0 Å². The fourth-order valence-electron chi connectivity index (χ4n) is 3.23. The number of benzene rings is 2. The second-order valence-corrected chi connectivity index (χ2v) is 6.97. The van der Waals surface area contributed by atoms with Crippen molar-refractivity contribution in [1.82, 2.24) is 14.9 Å². The lowest BCUT2D eigenvalue weighted by Gasteiger charge is -2.28. The number of carbonyl (C=O) groups is 1. The third kappa shape index (κ3) is 3.97. The van der Waals surface area contributed by atoms with Crippen LogP contribution in [0.3, 0.4) is 0 Å². The molecule has 0 bridgehead atoms. The number of hydrogen-bond donors (Lipinski definition) is 2. The highest BCUT2D eigenvalue weighted by Gasteiger charge is 2.39. The molecule has 0 radical (unpaired) electrons. The normalized spacial score (nSPS) is 13.3. The van der Waals surface area contributed by atoms with E-state index in [1.54, 1.807) is 36.5 Å². The molecule has 0 spiro atoms. The second kappa shape index (κ2) is 8.35. The topological polar surface area (TPSA) is 67.2 Å². The van der Waals surface area contributed by atoms with Crippen LogP contribution in [0.15, 0.2) is 67.0 Å². The standard InChI is InChI=1S/C22H24FN3O2/c1-16(2)20-24-12-14-26(20)15-13-25-21(27)22(28,17-6-4-3-5-7-17)18-8-10-19(23)11-9-18/h3-12,14,16,28H,13,15H2,1-2H3,(H,25,27). The van der Waals surface area contributed by atoms with Crippen molar-refractivity contribution in [1.29, 1.82) is 0 Å². The Hall–Kier alpha value is -2.99. The number of rotatable bonds is 7. The van der Waals surface area contributed by atoms with Crippen LogP contribution in [0.5, 0.6) is 0 Å². The maximum absolute atomic E-state index is 13.4. The summed E-state index contributed by atoms with van der Waals surface area (Å²) in [6.07, 6.45) is 3.60. The smallest absolute Gasteiger partial charge is 0.261 e. The molecule has 6 heteroatoms. The molecule has 28 heavy (non-hydrogen) atoms. The van der Waals surface area contributed by atoms with Crippen molar-refractivity contribution in [2.45, 2.75) is 31.9 Å². The van der Waals surface area contributed by atoms with E-state index in [2.05, 4.69) is 24.1 Å². The van der Waals surface area contributed by atoms with E-state index in [0.717, 1.165) is 5.82 Å². The van der Waals surface area contributed by atoms with Crippen molar-refractivity contribution in [3.8, 4) is 0 Å². The Bertz CT molecular complexity index is 922. The van der Waals surface area contributed by atoms with Crippen LogP contribution in [0, 0.1) is 5.82 Å². The Balaban J connectivity index is 1.81. The summed E-state index contributed by atoms with van der Waals surface area (Å²) in [5.74, 6) is 0.217. The van der Waals surface area contributed by atoms with Gasteiger partial charge in [-0.1, -0.05) is 56.3 Å². The van der Waals surface area contributed by atoms with E-state index in [1.165, 1.54) is 24.3 Å². The second-order valence-electron chi connectivity index (χ2n) is 6.97. The first-order valence-corrected chi connectivity index (χ1v) is 9.26. The lowest BCUT2D eigenvalue weighted by molar-refractivity contribution is -0.136. The first-order valence-electron chi connectivity index (χ1n) is 9.26. The van der Waals surface area contributed by atoms with E-state index in [0.29, 0.717) is 24.2 Å². The molecular formula is C22H24FN3O2. The Kier molecular flexibility index (Phi) is 5.90. The Morgan fingerprint density at radius 1 is 1.14 bits per heavy atom. The van der Waals surface area contributed by atoms with Gasteiger partial charge in [-0.2, -0.15) is 0 Å². The molecule has 2 aromatic carbocycles. The fraction of sp³-hybridized carbons (Fsp3) is 0.273. The largest absolute Gasteiger partial charge is 0.372 e. The monoisotopic (exact) mass is 381 g/mol. The summed E-state index contributed by atoms with van der Waals surface area (Å²) in [4.78, 5) is 17.3. The van der Waals surface area contributed by atoms with Crippen LogP contribution >= 0.6 is 0 Å². The molecule has 5 nitrogen and oxygen atoms in total.